The highest BCUT2D eigenvalue weighted by molar-refractivity contribution is 5.28. The Morgan fingerprint density at radius 1 is 1.04 bits per heavy atom. The van der Waals surface area contributed by atoms with Crippen molar-refractivity contribution in [2.45, 2.75) is 83.7 Å². The molecule has 0 radical (unpaired) electrons. The lowest BCUT2D eigenvalue weighted by Crippen LogP contribution is -2.16. The molecule has 1 aliphatic heterocycles. The van der Waals surface area contributed by atoms with E-state index in [1.54, 1.807) is 0 Å². The third-order valence-electron chi connectivity index (χ3n) is 4.79. The minimum Gasteiger partial charge on any atom is -0.490 e. The molecule has 0 aliphatic carbocycles. The zero-order valence-electron chi connectivity index (χ0n) is 16.3. The molecule has 1 unspecified atom stereocenters. The van der Waals surface area contributed by atoms with Crippen LogP contribution in [0, 0.1) is 0 Å². The lowest BCUT2D eigenvalue weighted by molar-refractivity contribution is 0.202. The number of epoxide rings is 1. The van der Waals surface area contributed by atoms with Gasteiger partial charge in [0.15, 0.2) is 0 Å². The van der Waals surface area contributed by atoms with Gasteiger partial charge in [-0.15, -0.1) is 0 Å². The second-order valence-electron chi connectivity index (χ2n) is 7.59. The summed E-state index contributed by atoms with van der Waals surface area (Å²) < 4.78 is 11.2. The van der Waals surface area contributed by atoms with Crippen molar-refractivity contribution in [3.63, 3.8) is 0 Å². The Bertz CT molecular complexity index is 503. The highest BCUT2D eigenvalue weighted by Gasteiger charge is 2.40. The molecule has 0 aromatic heterocycles. The standard InChI is InChI=1S/C23H36O2/c1-3-4-5-6-7-8-9-10-11-12-13-15-21-16-14-17-22(18-21)24-19-23(2)20-25-23/h5-6,14,16-18H,3-4,7-13,15,19-20H2,1-2H3/b6-5+. The lowest BCUT2D eigenvalue weighted by Gasteiger charge is -2.10. The average Bonchev–Trinajstić information content (AvgIpc) is 3.36. The molecule has 0 amide bonds. The number of hydrogen-bond donors (Lipinski definition) is 0. The monoisotopic (exact) mass is 344 g/mol. The van der Waals surface area contributed by atoms with Gasteiger partial charge in [0.25, 0.3) is 0 Å². The number of allylic oxidation sites excluding steroid dienone is 2. The number of benzene rings is 1. The fourth-order valence-electron chi connectivity index (χ4n) is 2.93. The summed E-state index contributed by atoms with van der Waals surface area (Å²) in [7, 11) is 0. The van der Waals surface area contributed by atoms with Crippen LogP contribution < -0.4 is 4.74 Å². The van der Waals surface area contributed by atoms with E-state index in [4.69, 9.17) is 9.47 Å². The molecule has 0 spiro atoms. The van der Waals surface area contributed by atoms with E-state index >= 15 is 0 Å². The van der Waals surface area contributed by atoms with Crippen LogP contribution in [-0.4, -0.2) is 18.8 Å². The van der Waals surface area contributed by atoms with E-state index in [9.17, 15) is 0 Å². The quantitative estimate of drug-likeness (QED) is 0.219. The van der Waals surface area contributed by atoms with Crippen molar-refractivity contribution in [2.75, 3.05) is 13.2 Å². The molecule has 1 atom stereocenters. The van der Waals surface area contributed by atoms with Crippen LogP contribution in [0.1, 0.15) is 77.2 Å². The Hall–Kier alpha value is -1.28. The van der Waals surface area contributed by atoms with Crippen LogP contribution >= 0.6 is 0 Å². The minimum atomic E-state index is -0.0399. The molecule has 1 saturated heterocycles. The second-order valence-corrected chi connectivity index (χ2v) is 7.59. The molecule has 0 bridgehead atoms. The van der Waals surface area contributed by atoms with Crippen molar-refractivity contribution >= 4 is 0 Å². The van der Waals surface area contributed by atoms with Gasteiger partial charge in [0.2, 0.25) is 0 Å². The highest BCUT2D eigenvalue weighted by atomic mass is 16.6. The molecule has 0 N–H and O–H groups in total. The SMILES string of the molecule is CCC/C=C/CCCCCCCCc1cccc(OCC2(C)CO2)c1. The first kappa shape index (κ1) is 20.0. The van der Waals surface area contributed by atoms with Gasteiger partial charge in [0.1, 0.15) is 18.0 Å². The topological polar surface area (TPSA) is 21.8 Å². The largest absolute Gasteiger partial charge is 0.490 e. The summed E-state index contributed by atoms with van der Waals surface area (Å²) in [4.78, 5) is 0. The molecule has 140 valence electrons. The normalized spacial score (nSPS) is 19.4. The first-order valence-corrected chi connectivity index (χ1v) is 10.2. The Balaban J connectivity index is 1.49. The molecule has 1 aromatic carbocycles. The van der Waals surface area contributed by atoms with Gasteiger partial charge < -0.3 is 9.47 Å². The van der Waals surface area contributed by atoms with Crippen LogP contribution in [0.15, 0.2) is 36.4 Å². The molecular weight excluding hydrogens is 308 g/mol. The molecule has 1 fully saturated rings. The fourth-order valence-corrected chi connectivity index (χ4v) is 2.93. The van der Waals surface area contributed by atoms with E-state index in [0.717, 1.165) is 18.8 Å². The van der Waals surface area contributed by atoms with Crippen molar-refractivity contribution in [3.05, 3.63) is 42.0 Å². The Kier molecular flexibility index (Phi) is 9.10. The van der Waals surface area contributed by atoms with Crippen molar-refractivity contribution < 1.29 is 9.47 Å². The molecule has 2 heteroatoms. The third kappa shape index (κ3) is 9.11. The van der Waals surface area contributed by atoms with E-state index in [-0.39, 0.29) is 5.60 Å². The van der Waals surface area contributed by atoms with Crippen LogP contribution in [-0.2, 0) is 11.2 Å². The predicted molar refractivity (Wildman–Crippen MR) is 106 cm³/mol. The number of aryl methyl sites for hydroxylation is 1. The maximum atomic E-state index is 5.85. The molecule has 1 heterocycles. The van der Waals surface area contributed by atoms with E-state index in [1.165, 1.54) is 63.4 Å². The first-order chi connectivity index (χ1) is 12.2. The summed E-state index contributed by atoms with van der Waals surface area (Å²) in [6, 6.07) is 8.55. The van der Waals surface area contributed by atoms with Crippen LogP contribution in [0.3, 0.4) is 0 Å². The Morgan fingerprint density at radius 3 is 2.52 bits per heavy atom. The van der Waals surface area contributed by atoms with Crippen molar-refractivity contribution in [3.8, 4) is 5.75 Å². The van der Waals surface area contributed by atoms with Gasteiger partial charge in [-0.25, -0.2) is 0 Å². The average molecular weight is 345 g/mol. The van der Waals surface area contributed by atoms with Crippen LogP contribution in [0.4, 0.5) is 0 Å². The van der Waals surface area contributed by atoms with Crippen molar-refractivity contribution in [1.82, 2.24) is 0 Å². The third-order valence-corrected chi connectivity index (χ3v) is 4.79. The van der Waals surface area contributed by atoms with Crippen LogP contribution in [0.5, 0.6) is 5.75 Å². The molecule has 0 saturated carbocycles. The molecular formula is C23H36O2. The molecule has 2 nitrogen and oxygen atoms in total. The maximum Gasteiger partial charge on any atom is 0.123 e. The van der Waals surface area contributed by atoms with Crippen molar-refractivity contribution in [1.29, 1.82) is 0 Å². The van der Waals surface area contributed by atoms with Gasteiger partial charge in [-0.05, 0) is 56.7 Å². The summed E-state index contributed by atoms with van der Waals surface area (Å²) >= 11 is 0. The number of unbranched alkanes of at least 4 members (excludes halogenated alkanes) is 7. The smallest absolute Gasteiger partial charge is 0.123 e. The van der Waals surface area contributed by atoms with Crippen LogP contribution in [0.2, 0.25) is 0 Å². The summed E-state index contributed by atoms with van der Waals surface area (Å²) in [5, 5.41) is 0. The van der Waals surface area contributed by atoms with Gasteiger partial charge >= 0.3 is 0 Å². The zero-order chi connectivity index (χ0) is 17.8. The summed E-state index contributed by atoms with van der Waals surface area (Å²) in [6.07, 6.45) is 17.7. The molecule has 1 aliphatic rings. The van der Waals surface area contributed by atoms with Gasteiger partial charge in [-0.1, -0.05) is 63.3 Å². The van der Waals surface area contributed by atoms with E-state index in [1.807, 2.05) is 6.07 Å². The lowest BCUT2D eigenvalue weighted by atomic mass is 10.0. The second kappa shape index (κ2) is 11.4. The summed E-state index contributed by atoms with van der Waals surface area (Å²) in [5.74, 6) is 0.977. The molecule has 25 heavy (non-hydrogen) atoms. The zero-order valence-corrected chi connectivity index (χ0v) is 16.3. The number of ether oxygens (including phenoxy) is 2. The Morgan fingerprint density at radius 2 is 1.76 bits per heavy atom. The fraction of sp³-hybridized carbons (Fsp3) is 0.652. The maximum absolute atomic E-state index is 5.85. The number of rotatable bonds is 14. The first-order valence-electron chi connectivity index (χ1n) is 10.2. The van der Waals surface area contributed by atoms with E-state index in [2.05, 4.69) is 44.2 Å². The number of hydrogen-bond acceptors (Lipinski definition) is 2. The minimum absolute atomic E-state index is 0.0399. The highest BCUT2D eigenvalue weighted by Crippen LogP contribution is 2.27. The van der Waals surface area contributed by atoms with Crippen LogP contribution in [0.25, 0.3) is 0 Å². The molecule has 2 rings (SSSR count). The predicted octanol–water partition coefficient (Wildman–Crippen LogP) is 6.48. The van der Waals surface area contributed by atoms with Gasteiger partial charge in [0, 0.05) is 0 Å². The Labute approximate surface area is 154 Å². The van der Waals surface area contributed by atoms with E-state index in [0.29, 0.717) is 6.61 Å². The van der Waals surface area contributed by atoms with Gasteiger partial charge in [-0.2, -0.15) is 0 Å². The summed E-state index contributed by atoms with van der Waals surface area (Å²) in [6.45, 7) is 5.81. The van der Waals surface area contributed by atoms with E-state index < -0.39 is 0 Å². The summed E-state index contributed by atoms with van der Waals surface area (Å²) in [5.41, 5.74) is 1.35. The van der Waals surface area contributed by atoms with Crippen molar-refractivity contribution in [2.24, 2.45) is 0 Å². The van der Waals surface area contributed by atoms with Gasteiger partial charge in [0.05, 0.1) is 6.61 Å². The molecule has 1 aromatic rings. The van der Waals surface area contributed by atoms with Gasteiger partial charge in [-0.3, -0.25) is 0 Å².